The maximum absolute atomic E-state index is 14.5. The molecule has 166 valence electrons. The summed E-state index contributed by atoms with van der Waals surface area (Å²) in [7, 11) is 1.57. The summed E-state index contributed by atoms with van der Waals surface area (Å²) < 4.78 is 33.4. The lowest BCUT2D eigenvalue weighted by atomic mass is 9.90. The van der Waals surface area contributed by atoms with E-state index in [-0.39, 0.29) is 11.7 Å². The molecule has 6 rings (SSSR count). The predicted molar refractivity (Wildman–Crippen MR) is 115 cm³/mol. The zero-order chi connectivity index (χ0) is 21.7. The fourth-order valence-electron chi connectivity index (χ4n) is 4.75. The minimum atomic E-state index is -0.402. The number of pyridine rings is 1. The van der Waals surface area contributed by atoms with Gasteiger partial charge < -0.3 is 28.9 Å². The summed E-state index contributed by atoms with van der Waals surface area (Å²) in [4.78, 5) is 16.5. The van der Waals surface area contributed by atoms with Crippen LogP contribution in [0.4, 0.5) is 10.3 Å². The molecule has 0 unspecified atom stereocenters. The molecule has 2 fully saturated rings. The number of hydrogen-bond acceptors (Lipinski definition) is 7. The lowest BCUT2D eigenvalue weighted by Crippen LogP contribution is -2.39. The number of aromatic nitrogens is 5. The van der Waals surface area contributed by atoms with Gasteiger partial charge >= 0.3 is 0 Å². The highest BCUT2D eigenvalue weighted by molar-refractivity contribution is 5.97. The van der Waals surface area contributed by atoms with Gasteiger partial charge in [-0.1, -0.05) is 0 Å². The number of nitrogens with zero attached hydrogens (tertiary/aromatic N) is 4. The molecule has 10 heteroatoms. The minimum Gasteiger partial charge on any atom is -0.480 e. The number of anilines is 1. The van der Waals surface area contributed by atoms with Gasteiger partial charge in [0, 0.05) is 54.8 Å². The zero-order valence-corrected chi connectivity index (χ0v) is 17.6. The molecular formula is C22H23FN6O3. The van der Waals surface area contributed by atoms with Crippen molar-refractivity contribution in [1.82, 2.24) is 24.3 Å². The second kappa shape index (κ2) is 7.42. The van der Waals surface area contributed by atoms with Gasteiger partial charge in [0.15, 0.2) is 17.3 Å². The Kier molecular flexibility index (Phi) is 4.51. The minimum absolute atomic E-state index is 0.225. The van der Waals surface area contributed by atoms with Gasteiger partial charge in [-0.2, -0.15) is 9.97 Å². The standard InChI is InChI=1S/C22H23FN6O3/c1-30-20-17-15(13-10-16(23)19-24-6-7-29(19)12-13)11-25-18(17)27-21(28-20)26-14-2-4-22(5-3-14)31-8-9-32-22/h6-7,10-12,14H,2-5,8-9H2,1H3,(H2,25,26,27,28). The molecule has 4 aromatic heterocycles. The molecule has 9 nitrogen and oxygen atoms in total. The van der Waals surface area contributed by atoms with Crippen molar-refractivity contribution in [2.24, 2.45) is 0 Å². The quantitative estimate of drug-likeness (QED) is 0.503. The molecule has 0 atom stereocenters. The van der Waals surface area contributed by atoms with E-state index < -0.39 is 11.6 Å². The summed E-state index contributed by atoms with van der Waals surface area (Å²) in [5, 5.41) is 4.13. The van der Waals surface area contributed by atoms with Crippen LogP contribution in [0, 0.1) is 5.82 Å². The smallest absolute Gasteiger partial charge is 0.228 e. The summed E-state index contributed by atoms with van der Waals surface area (Å²) in [6.07, 6.45) is 10.4. The van der Waals surface area contributed by atoms with Crippen molar-refractivity contribution in [3.05, 3.63) is 36.7 Å². The number of nitrogens with one attached hydrogen (secondary N) is 2. The molecule has 4 aromatic rings. The normalized spacial score (nSPS) is 18.7. The first-order chi connectivity index (χ1) is 15.6. The monoisotopic (exact) mass is 438 g/mol. The van der Waals surface area contributed by atoms with E-state index in [1.165, 1.54) is 6.07 Å². The Bertz CT molecular complexity index is 1290. The van der Waals surface area contributed by atoms with Crippen molar-refractivity contribution in [1.29, 1.82) is 0 Å². The molecule has 0 radical (unpaired) electrons. The maximum Gasteiger partial charge on any atom is 0.228 e. The molecule has 1 aliphatic carbocycles. The van der Waals surface area contributed by atoms with E-state index in [1.54, 1.807) is 30.1 Å². The summed E-state index contributed by atoms with van der Waals surface area (Å²) in [6.45, 7) is 1.34. The highest BCUT2D eigenvalue weighted by Gasteiger charge is 2.40. The number of hydrogen-bond donors (Lipinski definition) is 2. The van der Waals surface area contributed by atoms with E-state index in [4.69, 9.17) is 14.2 Å². The topological polar surface area (TPSA) is 98.6 Å². The van der Waals surface area contributed by atoms with Crippen molar-refractivity contribution < 1.29 is 18.6 Å². The van der Waals surface area contributed by atoms with E-state index in [0.717, 1.165) is 31.2 Å². The maximum atomic E-state index is 14.5. The van der Waals surface area contributed by atoms with Crippen LogP contribution in [0.2, 0.25) is 0 Å². The molecule has 0 bridgehead atoms. The van der Waals surface area contributed by atoms with E-state index in [1.807, 2.05) is 6.20 Å². The molecule has 1 saturated carbocycles. The second-order valence-electron chi connectivity index (χ2n) is 8.24. The van der Waals surface area contributed by atoms with Gasteiger partial charge in [-0.3, -0.25) is 0 Å². The van der Waals surface area contributed by atoms with Gasteiger partial charge in [0.05, 0.1) is 25.7 Å². The highest BCUT2D eigenvalue weighted by Crippen LogP contribution is 2.38. The Labute approximate surface area is 182 Å². The third-order valence-corrected chi connectivity index (χ3v) is 6.34. The van der Waals surface area contributed by atoms with Gasteiger partial charge in [-0.25, -0.2) is 9.37 Å². The SMILES string of the molecule is COc1nc(NC2CCC3(CC2)OCCO3)nc2[nH]cc(-c3cc(F)c4nccn4c3)c12. The molecule has 32 heavy (non-hydrogen) atoms. The number of ether oxygens (including phenoxy) is 3. The first-order valence-corrected chi connectivity index (χ1v) is 10.7. The average molecular weight is 438 g/mol. The van der Waals surface area contributed by atoms with Gasteiger partial charge in [0.1, 0.15) is 5.65 Å². The first kappa shape index (κ1) is 19.4. The molecule has 1 saturated heterocycles. The Morgan fingerprint density at radius 1 is 1.25 bits per heavy atom. The molecular weight excluding hydrogens is 415 g/mol. The van der Waals surface area contributed by atoms with Crippen LogP contribution in [-0.4, -0.2) is 56.5 Å². The van der Waals surface area contributed by atoms with Crippen LogP contribution < -0.4 is 10.1 Å². The van der Waals surface area contributed by atoms with Crippen LogP contribution >= 0.6 is 0 Å². The summed E-state index contributed by atoms with van der Waals surface area (Å²) in [5.74, 6) is 0.119. The molecule has 0 amide bonds. The average Bonchev–Trinajstić information content (AvgIpc) is 3.55. The van der Waals surface area contributed by atoms with Crippen LogP contribution in [-0.2, 0) is 9.47 Å². The van der Waals surface area contributed by atoms with Crippen molar-refractivity contribution >= 4 is 22.6 Å². The molecule has 2 aliphatic rings. The highest BCUT2D eigenvalue weighted by atomic mass is 19.1. The summed E-state index contributed by atoms with van der Waals surface area (Å²) in [6, 6.07) is 1.68. The van der Waals surface area contributed by atoms with E-state index >= 15 is 0 Å². The summed E-state index contributed by atoms with van der Waals surface area (Å²) in [5.41, 5.74) is 2.34. The number of H-pyrrole nitrogens is 1. The van der Waals surface area contributed by atoms with Crippen LogP contribution in [0.1, 0.15) is 25.7 Å². The van der Waals surface area contributed by atoms with Crippen LogP contribution in [0.25, 0.3) is 27.8 Å². The molecule has 1 aliphatic heterocycles. The molecule has 2 N–H and O–H groups in total. The first-order valence-electron chi connectivity index (χ1n) is 10.7. The van der Waals surface area contributed by atoms with Crippen LogP contribution in [0.5, 0.6) is 5.88 Å². The third-order valence-electron chi connectivity index (χ3n) is 6.34. The Hall–Kier alpha value is -3.24. The van der Waals surface area contributed by atoms with Crippen molar-refractivity contribution in [3.8, 4) is 17.0 Å². The number of methoxy groups -OCH3 is 1. The van der Waals surface area contributed by atoms with Gasteiger partial charge in [-0.05, 0) is 18.9 Å². The van der Waals surface area contributed by atoms with E-state index in [9.17, 15) is 4.39 Å². The number of fused-ring (bicyclic) bond motifs is 2. The largest absolute Gasteiger partial charge is 0.480 e. The number of halogens is 1. The predicted octanol–water partition coefficient (Wildman–Crippen LogP) is 3.52. The fourth-order valence-corrected chi connectivity index (χ4v) is 4.75. The molecule has 0 aromatic carbocycles. The Morgan fingerprint density at radius 3 is 2.84 bits per heavy atom. The van der Waals surface area contributed by atoms with E-state index in [2.05, 4.69) is 25.3 Å². The van der Waals surface area contributed by atoms with E-state index in [0.29, 0.717) is 41.6 Å². The third kappa shape index (κ3) is 3.18. The molecule has 1 spiro atoms. The van der Waals surface area contributed by atoms with Gasteiger partial charge in [0.2, 0.25) is 11.8 Å². The number of rotatable bonds is 4. The van der Waals surface area contributed by atoms with Crippen molar-refractivity contribution in [2.75, 3.05) is 25.6 Å². The summed E-state index contributed by atoms with van der Waals surface area (Å²) >= 11 is 0. The lowest BCUT2D eigenvalue weighted by molar-refractivity contribution is -0.177. The lowest BCUT2D eigenvalue weighted by Gasteiger charge is -2.35. The van der Waals surface area contributed by atoms with Crippen molar-refractivity contribution in [2.45, 2.75) is 37.5 Å². The fraction of sp³-hybridized carbons (Fsp3) is 0.409. The Balaban J connectivity index is 1.30. The van der Waals surface area contributed by atoms with Gasteiger partial charge in [0.25, 0.3) is 0 Å². The Morgan fingerprint density at radius 2 is 2.06 bits per heavy atom. The van der Waals surface area contributed by atoms with Crippen LogP contribution in [0.15, 0.2) is 30.9 Å². The van der Waals surface area contributed by atoms with Gasteiger partial charge in [-0.15, -0.1) is 0 Å². The van der Waals surface area contributed by atoms with Crippen LogP contribution in [0.3, 0.4) is 0 Å². The second-order valence-corrected chi connectivity index (χ2v) is 8.24. The van der Waals surface area contributed by atoms with Crippen molar-refractivity contribution in [3.63, 3.8) is 0 Å². The number of imidazole rings is 1. The zero-order valence-electron chi connectivity index (χ0n) is 17.6. The number of aromatic amines is 1. The molecule has 5 heterocycles.